The minimum Gasteiger partial charge on any atom is -0.493 e. The summed E-state index contributed by atoms with van der Waals surface area (Å²) < 4.78 is 10.8. The van der Waals surface area contributed by atoms with Crippen molar-refractivity contribution in [2.45, 2.75) is 6.42 Å². The van der Waals surface area contributed by atoms with Crippen LogP contribution < -0.4 is 15.2 Å². The summed E-state index contributed by atoms with van der Waals surface area (Å²) in [5, 5.41) is 7.45. The number of rotatable bonds is 5. The Labute approximate surface area is 156 Å². The smallest absolute Gasteiger partial charge is 0.185 e. The number of nitrogens with two attached hydrogens (primary N) is 1. The highest BCUT2D eigenvalue weighted by Gasteiger charge is 2.26. The van der Waals surface area contributed by atoms with Crippen molar-refractivity contribution in [2.75, 3.05) is 20.0 Å². The Bertz CT molecular complexity index is 1050. The molecule has 1 heterocycles. The average Bonchev–Trinajstić information content (AvgIpc) is 3.24. The molecule has 27 heavy (non-hydrogen) atoms. The predicted molar refractivity (Wildman–Crippen MR) is 104 cm³/mol. The van der Waals surface area contributed by atoms with Crippen molar-refractivity contribution >= 4 is 17.5 Å². The highest BCUT2D eigenvalue weighted by Crippen LogP contribution is 2.42. The van der Waals surface area contributed by atoms with Gasteiger partial charge in [0.05, 0.1) is 25.6 Å². The van der Waals surface area contributed by atoms with Gasteiger partial charge in [-0.1, -0.05) is 0 Å². The molecule has 0 amide bonds. The molecule has 0 atom stereocenters. The largest absolute Gasteiger partial charge is 0.493 e. The standard InChI is InChI=1S/C21H19N3O3/c1-26-19-10-13-9-16-17(23-24-21(16)15(13)11-20(19)27-2)7-8-18(25)12-3-5-14(22)6-4-12/h3-8,10-11H,9,22H2,1-2H3,(H,23,24)/b8-7+. The first-order valence-electron chi connectivity index (χ1n) is 8.51. The fourth-order valence-corrected chi connectivity index (χ4v) is 3.30. The van der Waals surface area contributed by atoms with E-state index in [9.17, 15) is 4.79 Å². The van der Waals surface area contributed by atoms with Crippen molar-refractivity contribution in [3.63, 3.8) is 0 Å². The summed E-state index contributed by atoms with van der Waals surface area (Å²) in [5.41, 5.74) is 11.8. The Balaban J connectivity index is 1.62. The summed E-state index contributed by atoms with van der Waals surface area (Å²) >= 11 is 0. The molecule has 2 aromatic carbocycles. The van der Waals surface area contributed by atoms with Crippen molar-refractivity contribution in [2.24, 2.45) is 0 Å². The molecular weight excluding hydrogens is 342 g/mol. The number of anilines is 1. The number of nitrogen functional groups attached to an aromatic ring is 1. The van der Waals surface area contributed by atoms with Crippen LogP contribution in [0.15, 0.2) is 42.5 Å². The SMILES string of the molecule is COc1cc2c(cc1OC)-c1n[nH]c(/C=C/C(=O)c3ccc(N)cc3)c1C2. The third-order valence-electron chi connectivity index (χ3n) is 4.73. The number of benzene rings is 2. The minimum atomic E-state index is -0.0859. The highest BCUT2D eigenvalue weighted by molar-refractivity contribution is 6.07. The van der Waals surface area contributed by atoms with Crippen LogP contribution >= 0.6 is 0 Å². The van der Waals surface area contributed by atoms with Gasteiger partial charge in [0.1, 0.15) is 0 Å². The molecular formula is C21H19N3O3. The number of aromatic amines is 1. The van der Waals surface area contributed by atoms with E-state index in [1.54, 1.807) is 50.6 Å². The summed E-state index contributed by atoms with van der Waals surface area (Å²) in [6.45, 7) is 0. The Morgan fingerprint density at radius 3 is 2.56 bits per heavy atom. The van der Waals surface area contributed by atoms with Crippen LogP contribution in [0.5, 0.6) is 11.5 Å². The van der Waals surface area contributed by atoms with Gasteiger partial charge in [0, 0.05) is 28.8 Å². The highest BCUT2D eigenvalue weighted by atomic mass is 16.5. The molecule has 3 aromatic rings. The molecule has 0 radical (unpaired) electrons. The maximum atomic E-state index is 12.3. The van der Waals surface area contributed by atoms with Crippen LogP contribution in [0.3, 0.4) is 0 Å². The van der Waals surface area contributed by atoms with Gasteiger partial charge in [0.15, 0.2) is 17.3 Å². The number of nitrogens with zero attached hydrogens (tertiary/aromatic N) is 1. The van der Waals surface area contributed by atoms with Gasteiger partial charge in [-0.15, -0.1) is 0 Å². The number of nitrogens with one attached hydrogen (secondary N) is 1. The third-order valence-corrected chi connectivity index (χ3v) is 4.73. The predicted octanol–water partition coefficient (Wildman–Crippen LogP) is 3.48. The van der Waals surface area contributed by atoms with Crippen molar-refractivity contribution in [1.82, 2.24) is 10.2 Å². The minimum absolute atomic E-state index is 0.0859. The fraction of sp³-hybridized carbons (Fsp3) is 0.143. The lowest BCUT2D eigenvalue weighted by atomic mass is 10.1. The van der Waals surface area contributed by atoms with Gasteiger partial charge in [-0.05, 0) is 54.1 Å². The fourth-order valence-electron chi connectivity index (χ4n) is 3.30. The average molecular weight is 361 g/mol. The second-order valence-corrected chi connectivity index (χ2v) is 6.33. The zero-order chi connectivity index (χ0) is 19.0. The van der Waals surface area contributed by atoms with Crippen LogP contribution in [-0.2, 0) is 6.42 Å². The Morgan fingerprint density at radius 1 is 1.15 bits per heavy atom. The molecule has 0 unspecified atom stereocenters. The number of methoxy groups -OCH3 is 2. The number of aromatic nitrogens is 2. The summed E-state index contributed by atoms with van der Waals surface area (Å²) in [6.07, 6.45) is 4.03. The van der Waals surface area contributed by atoms with E-state index in [-0.39, 0.29) is 5.78 Å². The molecule has 3 N–H and O–H groups in total. The van der Waals surface area contributed by atoms with Gasteiger partial charge in [-0.25, -0.2) is 0 Å². The molecule has 0 spiro atoms. The van der Waals surface area contributed by atoms with E-state index in [1.165, 1.54) is 0 Å². The topological polar surface area (TPSA) is 90.2 Å². The summed E-state index contributed by atoms with van der Waals surface area (Å²) in [5.74, 6) is 1.28. The first-order chi connectivity index (χ1) is 13.1. The van der Waals surface area contributed by atoms with Gasteiger partial charge in [0.2, 0.25) is 0 Å². The molecule has 0 fully saturated rings. The van der Waals surface area contributed by atoms with E-state index in [0.29, 0.717) is 22.7 Å². The maximum absolute atomic E-state index is 12.3. The van der Waals surface area contributed by atoms with Crippen LogP contribution in [0.4, 0.5) is 5.69 Å². The molecule has 4 rings (SSSR count). The molecule has 6 heteroatoms. The Morgan fingerprint density at radius 2 is 1.85 bits per heavy atom. The molecule has 1 aromatic heterocycles. The lowest BCUT2D eigenvalue weighted by molar-refractivity contribution is 0.104. The van der Waals surface area contributed by atoms with Crippen LogP contribution in [0.25, 0.3) is 17.3 Å². The van der Waals surface area contributed by atoms with Gasteiger partial charge in [0.25, 0.3) is 0 Å². The first kappa shape index (κ1) is 16.9. The summed E-state index contributed by atoms with van der Waals surface area (Å²) in [7, 11) is 3.23. The zero-order valence-electron chi connectivity index (χ0n) is 15.1. The monoisotopic (exact) mass is 361 g/mol. The number of ether oxygens (including phenoxy) is 2. The first-order valence-corrected chi connectivity index (χ1v) is 8.51. The molecule has 1 aliphatic rings. The van der Waals surface area contributed by atoms with Crippen molar-refractivity contribution in [3.05, 3.63) is 64.9 Å². The number of carbonyl (C=O) groups excluding carboxylic acids is 1. The van der Waals surface area contributed by atoms with Gasteiger partial charge < -0.3 is 15.2 Å². The summed E-state index contributed by atoms with van der Waals surface area (Å²) in [6, 6.07) is 10.8. The van der Waals surface area contributed by atoms with E-state index < -0.39 is 0 Å². The number of ketones is 1. The molecule has 1 aliphatic carbocycles. The number of fused-ring (bicyclic) bond motifs is 3. The van der Waals surface area contributed by atoms with Crippen LogP contribution in [0.2, 0.25) is 0 Å². The van der Waals surface area contributed by atoms with E-state index in [4.69, 9.17) is 15.2 Å². The van der Waals surface area contributed by atoms with E-state index >= 15 is 0 Å². The quantitative estimate of drug-likeness (QED) is 0.323. The van der Waals surface area contributed by atoms with Crippen LogP contribution in [0.1, 0.15) is 27.2 Å². The molecule has 0 saturated heterocycles. The van der Waals surface area contributed by atoms with Crippen molar-refractivity contribution in [3.8, 4) is 22.8 Å². The van der Waals surface area contributed by atoms with E-state index in [1.807, 2.05) is 12.1 Å². The molecule has 0 bridgehead atoms. The maximum Gasteiger partial charge on any atom is 0.185 e. The summed E-state index contributed by atoms with van der Waals surface area (Å²) in [4.78, 5) is 12.3. The molecule has 6 nitrogen and oxygen atoms in total. The van der Waals surface area contributed by atoms with E-state index in [2.05, 4.69) is 10.2 Å². The molecule has 0 aliphatic heterocycles. The Hall–Kier alpha value is -3.54. The van der Waals surface area contributed by atoms with Gasteiger partial charge >= 0.3 is 0 Å². The number of hydrogen-bond acceptors (Lipinski definition) is 5. The molecule has 0 saturated carbocycles. The number of H-pyrrole nitrogens is 1. The number of hydrogen-bond donors (Lipinski definition) is 2. The third kappa shape index (κ3) is 2.95. The Kier molecular flexibility index (Phi) is 4.16. The number of allylic oxidation sites excluding steroid dienone is 1. The number of carbonyl (C=O) groups is 1. The second-order valence-electron chi connectivity index (χ2n) is 6.33. The lowest BCUT2D eigenvalue weighted by Gasteiger charge is -2.09. The van der Waals surface area contributed by atoms with Crippen LogP contribution in [-0.4, -0.2) is 30.2 Å². The van der Waals surface area contributed by atoms with Gasteiger partial charge in [-0.3, -0.25) is 9.89 Å². The molecule has 136 valence electrons. The second kappa shape index (κ2) is 6.64. The van der Waals surface area contributed by atoms with Crippen LogP contribution in [0, 0.1) is 0 Å². The van der Waals surface area contributed by atoms with Crippen molar-refractivity contribution < 1.29 is 14.3 Å². The normalized spacial score (nSPS) is 12.1. The van der Waals surface area contributed by atoms with Crippen molar-refractivity contribution in [1.29, 1.82) is 0 Å². The zero-order valence-corrected chi connectivity index (χ0v) is 15.1. The lowest BCUT2D eigenvalue weighted by Crippen LogP contribution is -1.95. The van der Waals surface area contributed by atoms with Gasteiger partial charge in [-0.2, -0.15) is 5.10 Å². The van der Waals surface area contributed by atoms with E-state index in [0.717, 1.165) is 34.5 Å².